The van der Waals surface area contributed by atoms with Gasteiger partial charge in [0, 0.05) is 23.6 Å². The van der Waals surface area contributed by atoms with E-state index in [1.165, 1.54) is 17.0 Å². The van der Waals surface area contributed by atoms with E-state index in [4.69, 9.17) is 4.74 Å². The molecule has 0 saturated carbocycles. The predicted molar refractivity (Wildman–Crippen MR) is 105 cm³/mol. The second-order valence-corrected chi connectivity index (χ2v) is 8.36. The highest BCUT2D eigenvalue weighted by Crippen LogP contribution is 2.24. The first-order chi connectivity index (χ1) is 13.2. The van der Waals surface area contributed by atoms with Gasteiger partial charge in [0.2, 0.25) is 11.0 Å². The standard InChI is InChI=1S/C19H23FN4O3S/c1-19(2,3)27-18(26)24-11-5-4-6-14(24)16(25)22-17-21-15(23-28-17)12-7-9-13(20)10-8-12/h7-10,14H,4-6,11H2,1-3H3,(H,21,22,23,25). The third-order valence-electron chi connectivity index (χ3n) is 4.19. The van der Waals surface area contributed by atoms with Crippen LogP contribution in [0, 0.1) is 5.82 Å². The molecule has 0 radical (unpaired) electrons. The van der Waals surface area contributed by atoms with Crippen molar-refractivity contribution in [2.24, 2.45) is 0 Å². The summed E-state index contributed by atoms with van der Waals surface area (Å²) in [7, 11) is 0. The predicted octanol–water partition coefficient (Wildman–Crippen LogP) is 4.07. The minimum atomic E-state index is -0.626. The van der Waals surface area contributed by atoms with E-state index in [2.05, 4.69) is 14.7 Å². The van der Waals surface area contributed by atoms with Gasteiger partial charge in [0.15, 0.2) is 5.82 Å². The summed E-state index contributed by atoms with van der Waals surface area (Å²) in [6, 6.07) is 5.20. The number of ether oxygens (including phenoxy) is 1. The van der Waals surface area contributed by atoms with Crippen molar-refractivity contribution in [3.8, 4) is 11.4 Å². The van der Waals surface area contributed by atoms with E-state index in [9.17, 15) is 14.0 Å². The van der Waals surface area contributed by atoms with Crippen LogP contribution in [0.2, 0.25) is 0 Å². The minimum absolute atomic E-state index is 0.313. The van der Waals surface area contributed by atoms with Gasteiger partial charge in [-0.05, 0) is 64.3 Å². The van der Waals surface area contributed by atoms with Crippen molar-refractivity contribution in [1.82, 2.24) is 14.3 Å². The molecule has 0 spiro atoms. The van der Waals surface area contributed by atoms with Crippen molar-refractivity contribution in [3.05, 3.63) is 30.1 Å². The van der Waals surface area contributed by atoms with Gasteiger partial charge < -0.3 is 4.74 Å². The van der Waals surface area contributed by atoms with Crippen LogP contribution in [0.5, 0.6) is 0 Å². The second kappa shape index (κ2) is 8.22. The highest BCUT2D eigenvalue weighted by Gasteiger charge is 2.35. The SMILES string of the molecule is CC(C)(C)OC(=O)N1CCCCC1C(=O)Nc1nc(-c2ccc(F)cc2)ns1. The van der Waals surface area contributed by atoms with Gasteiger partial charge in [0.25, 0.3) is 0 Å². The second-order valence-electron chi connectivity index (χ2n) is 7.60. The molecule has 3 rings (SSSR count). The fourth-order valence-corrected chi connectivity index (χ4v) is 3.52. The lowest BCUT2D eigenvalue weighted by atomic mass is 10.0. The number of hydrogen-bond acceptors (Lipinski definition) is 6. The molecule has 1 aromatic heterocycles. The first kappa shape index (κ1) is 20.2. The molecule has 0 aliphatic carbocycles. The van der Waals surface area contributed by atoms with Crippen molar-refractivity contribution < 1.29 is 18.7 Å². The number of rotatable bonds is 3. The molecule has 1 aliphatic rings. The van der Waals surface area contributed by atoms with E-state index >= 15 is 0 Å². The number of likely N-dealkylation sites (tertiary alicyclic amines) is 1. The van der Waals surface area contributed by atoms with E-state index in [1.807, 2.05) is 0 Å². The van der Waals surface area contributed by atoms with Gasteiger partial charge in [-0.25, -0.2) is 9.18 Å². The lowest BCUT2D eigenvalue weighted by molar-refractivity contribution is -0.122. The van der Waals surface area contributed by atoms with Crippen LogP contribution in [0.4, 0.5) is 14.3 Å². The van der Waals surface area contributed by atoms with Gasteiger partial charge in [0.1, 0.15) is 17.5 Å². The number of benzene rings is 1. The molecule has 2 aromatic rings. The molecule has 2 heterocycles. The average Bonchev–Trinajstić information content (AvgIpc) is 3.09. The fraction of sp³-hybridized carbons (Fsp3) is 0.474. The molecule has 1 N–H and O–H groups in total. The Bertz CT molecular complexity index is 848. The van der Waals surface area contributed by atoms with Gasteiger partial charge in [-0.15, -0.1) is 0 Å². The van der Waals surface area contributed by atoms with E-state index in [0.29, 0.717) is 29.5 Å². The van der Waals surface area contributed by atoms with Crippen LogP contribution in [0.15, 0.2) is 24.3 Å². The summed E-state index contributed by atoms with van der Waals surface area (Å²) in [6.07, 6.45) is 1.76. The number of carbonyl (C=O) groups is 2. The highest BCUT2D eigenvalue weighted by atomic mass is 32.1. The average molecular weight is 406 g/mol. The van der Waals surface area contributed by atoms with Crippen LogP contribution in [0.25, 0.3) is 11.4 Å². The zero-order chi connectivity index (χ0) is 20.3. The molecule has 2 amide bonds. The zero-order valence-corrected chi connectivity index (χ0v) is 16.9. The van der Waals surface area contributed by atoms with Gasteiger partial charge in [-0.2, -0.15) is 9.36 Å². The number of anilines is 1. The number of nitrogens with one attached hydrogen (secondary N) is 1. The van der Waals surface area contributed by atoms with Gasteiger partial charge in [-0.1, -0.05) is 0 Å². The van der Waals surface area contributed by atoms with Crippen molar-refractivity contribution >= 4 is 28.7 Å². The Labute approximate surface area is 167 Å². The molecule has 1 unspecified atom stereocenters. The molecule has 1 aromatic carbocycles. The number of aromatic nitrogens is 2. The number of hydrogen-bond donors (Lipinski definition) is 1. The smallest absolute Gasteiger partial charge is 0.410 e. The third-order valence-corrected chi connectivity index (χ3v) is 4.82. The van der Waals surface area contributed by atoms with Crippen LogP contribution in [0.1, 0.15) is 40.0 Å². The molecule has 1 aliphatic heterocycles. The molecular formula is C19H23FN4O3S. The molecule has 28 heavy (non-hydrogen) atoms. The van der Waals surface area contributed by atoms with E-state index in [1.54, 1.807) is 32.9 Å². The van der Waals surface area contributed by atoms with Crippen LogP contribution in [0.3, 0.4) is 0 Å². The molecular weight excluding hydrogens is 383 g/mol. The summed E-state index contributed by atoms with van der Waals surface area (Å²) < 4.78 is 22.7. The Balaban J connectivity index is 1.69. The van der Waals surface area contributed by atoms with Crippen LogP contribution >= 0.6 is 11.5 Å². The summed E-state index contributed by atoms with van der Waals surface area (Å²) in [5, 5.41) is 3.08. The molecule has 1 fully saturated rings. The highest BCUT2D eigenvalue weighted by molar-refractivity contribution is 7.10. The first-order valence-corrected chi connectivity index (χ1v) is 9.90. The Morgan fingerprint density at radius 2 is 1.96 bits per heavy atom. The van der Waals surface area contributed by atoms with Crippen molar-refractivity contribution in [1.29, 1.82) is 0 Å². The van der Waals surface area contributed by atoms with Gasteiger partial charge >= 0.3 is 6.09 Å². The van der Waals surface area contributed by atoms with Crippen LogP contribution in [-0.2, 0) is 9.53 Å². The fourth-order valence-electron chi connectivity index (χ4n) is 2.92. The van der Waals surface area contributed by atoms with Crippen molar-refractivity contribution in [2.45, 2.75) is 51.7 Å². The van der Waals surface area contributed by atoms with E-state index in [-0.39, 0.29) is 11.7 Å². The van der Waals surface area contributed by atoms with Gasteiger partial charge in [-0.3, -0.25) is 15.0 Å². The van der Waals surface area contributed by atoms with E-state index in [0.717, 1.165) is 24.4 Å². The summed E-state index contributed by atoms with van der Waals surface area (Å²) in [5.74, 6) is -0.243. The monoisotopic (exact) mass is 406 g/mol. The number of nitrogens with zero attached hydrogens (tertiary/aromatic N) is 3. The third kappa shape index (κ3) is 5.03. The Morgan fingerprint density at radius 3 is 2.64 bits per heavy atom. The quantitative estimate of drug-likeness (QED) is 0.831. The first-order valence-electron chi connectivity index (χ1n) is 9.13. The number of halogens is 1. The summed E-state index contributed by atoms with van der Waals surface area (Å²) >= 11 is 1.04. The topological polar surface area (TPSA) is 84.4 Å². The Hall–Kier alpha value is -2.55. The molecule has 1 atom stereocenters. The lowest BCUT2D eigenvalue weighted by Gasteiger charge is -2.35. The Kier molecular flexibility index (Phi) is 5.93. The van der Waals surface area contributed by atoms with Crippen molar-refractivity contribution in [2.75, 3.05) is 11.9 Å². The maximum absolute atomic E-state index is 13.1. The number of piperidine rings is 1. The van der Waals surface area contributed by atoms with Gasteiger partial charge in [0.05, 0.1) is 0 Å². The van der Waals surface area contributed by atoms with E-state index < -0.39 is 17.7 Å². The largest absolute Gasteiger partial charge is 0.444 e. The number of amides is 2. The normalized spacial score (nSPS) is 17.3. The summed E-state index contributed by atoms with van der Waals surface area (Å²) in [5.41, 5.74) is 0.0324. The maximum atomic E-state index is 13.1. The lowest BCUT2D eigenvalue weighted by Crippen LogP contribution is -2.51. The molecule has 7 nitrogen and oxygen atoms in total. The van der Waals surface area contributed by atoms with Crippen LogP contribution < -0.4 is 5.32 Å². The minimum Gasteiger partial charge on any atom is -0.444 e. The van der Waals surface area contributed by atoms with Crippen molar-refractivity contribution in [3.63, 3.8) is 0 Å². The number of carbonyl (C=O) groups excluding carboxylic acids is 2. The molecule has 150 valence electrons. The summed E-state index contributed by atoms with van der Waals surface area (Å²) in [6.45, 7) is 5.86. The maximum Gasteiger partial charge on any atom is 0.410 e. The zero-order valence-electron chi connectivity index (χ0n) is 16.1. The summed E-state index contributed by atoms with van der Waals surface area (Å²) in [4.78, 5) is 31.0. The Morgan fingerprint density at radius 1 is 1.25 bits per heavy atom. The molecule has 0 bridgehead atoms. The molecule has 9 heteroatoms. The molecule has 1 saturated heterocycles. The van der Waals surface area contributed by atoms with Crippen LogP contribution in [-0.4, -0.2) is 44.4 Å².